The Labute approximate surface area is 90.1 Å². The van der Waals surface area contributed by atoms with Crippen LogP contribution >= 0.6 is 0 Å². The van der Waals surface area contributed by atoms with Gasteiger partial charge in [-0.05, 0) is 11.1 Å². The van der Waals surface area contributed by atoms with Crippen molar-refractivity contribution in [1.82, 2.24) is 0 Å². The van der Waals surface area contributed by atoms with Crippen LogP contribution in [-0.4, -0.2) is 9.38 Å². The van der Waals surface area contributed by atoms with E-state index in [9.17, 15) is 4.21 Å². The largest absolute Gasteiger partial charge is 0.376 e. The molecule has 0 saturated heterocycles. The highest BCUT2D eigenvalue weighted by atomic mass is 32.2. The van der Waals surface area contributed by atoms with Gasteiger partial charge in [0.2, 0.25) is 0 Å². The molecule has 2 rings (SSSR count). The van der Waals surface area contributed by atoms with Crippen molar-refractivity contribution in [2.75, 3.05) is 0 Å². The van der Waals surface area contributed by atoms with Crippen LogP contribution in [0.1, 0.15) is 11.1 Å². The zero-order chi connectivity index (χ0) is 10.8. The molecule has 0 fully saturated rings. The van der Waals surface area contributed by atoms with Crippen molar-refractivity contribution in [3.8, 4) is 0 Å². The van der Waals surface area contributed by atoms with Crippen molar-refractivity contribution >= 4 is 20.9 Å². The normalized spacial score (nSPS) is 19.9. The second-order valence-electron chi connectivity index (χ2n) is 3.09. The lowest BCUT2D eigenvalue weighted by atomic mass is 10.1. The van der Waals surface area contributed by atoms with E-state index in [1.54, 1.807) is 6.20 Å². The fraction of sp³-hybridized carbons (Fsp3) is 0.100. The number of rotatable bonds is 2. The Balaban J connectivity index is 2.44. The van der Waals surface area contributed by atoms with Gasteiger partial charge in [0.1, 0.15) is 10.8 Å². The minimum atomic E-state index is -1.33. The molecule has 4 nitrogen and oxygen atoms in total. The number of hydrogen-bond acceptors (Lipinski definition) is 4. The van der Waals surface area contributed by atoms with Gasteiger partial charge in [0.05, 0.1) is 4.91 Å². The average molecular weight is 221 g/mol. The predicted octanol–water partition coefficient (Wildman–Crippen LogP) is 0.521. The fourth-order valence-corrected chi connectivity index (χ4v) is 2.36. The second-order valence-corrected chi connectivity index (χ2v) is 4.49. The first-order valence-corrected chi connectivity index (χ1v) is 5.62. The molecular weight excluding hydrogens is 210 g/mol. The third kappa shape index (κ3) is 1.71. The molecule has 1 aliphatic rings. The van der Waals surface area contributed by atoms with Crippen molar-refractivity contribution in [2.24, 2.45) is 16.5 Å². The van der Waals surface area contributed by atoms with Crippen LogP contribution < -0.4 is 11.5 Å². The molecule has 1 atom stereocenters. The molecule has 1 aromatic carbocycles. The van der Waals surface area contributed by atoms with Crippen molar-refractivity contribution in [1.29, 1.82) is 0 Å². The van der Waals surface area contributed by atoms with E-state index >= 15 is 0 Å². The molecule has 4 N–H and O–H groups in total. The van der Waals surface area contributed by atoms with Gasteiger partial charge in [0.15, 0.2) is 5.17 Å². The van der Waals surface area contributed by atoms with Gasteiger partial charge in [-0.1, -0.05) is 24.3 Å². The van der Waals surface area contributed by atoms with Crippen LogP contribution in [0.5, 0.6) is 0 Å². The smallest absolute Gasteiger partial charge is 0.194 e. The summed E-state index contributed by atoms with van der Waals surface area (Å²) in [5.41, 5.74) is 12.9. The third-order valence-electron chi connectivity index (χ3n) is 2.20. The lowest BCUT2D eigenvalue weighted by molar-refractivity contribution is 0.695. The van der Waals surface area contributed by atoms with Gasteiger partial charge in [-0.15, -0.1) is 0 Å². The summed E-state index contributed by atoms with van der Waals surface area (Å²) in [6.45, 7) is 0.407. The molecule has 78 valence electrons. The SMILES string of the molecule is NCc1ccccc1C1=CN=C(N)S1=O. The average Bonchev–Trinajstić information content (AvgIpc) is 2.60. The zero-order valence-electron chi connectivity index (χ0n) is 8.01. The highest BCUT2D eigenvalue weighted by molar-refractivity contribution is 8.09. The molecule has 0 saturated carbocycles. The number of benzene rings is 1. The van der Waals surface area contributed by atoms with Crippen LogP contribution in [0.4, 0.5) is 0 Å². The highest BCUT2D eigenvalue weighted by Crippen LogP contribution is 2.25. The Kier molecular flexibility index (Phi) is 2.66. The van der Waals surface area contributed by atoms with E-state index in [2.05, 4.69) is 4.99 Å². The molecule has 0 spiro atoms. The third-order valence-corrected chi connectivity index (χ3v) is 3.41. The number of nitrogens with zero attached hydrogens (tertiary/aromatic N) is 1. The van der Waals surface area contributed by atoms with Crippen LogP contribution in [0.3, 0.4) is 0 Å². The number of nitrogens with two attached hydrogens (primary N) is 2. The van der Waals surface area contributed by atoms with E-state index in [0.717, 1.165) is 11.1 Å². The lowest BCUT2D eigenvalue weighted by Gasteiger charge is -2.06. The summed E-state index contributed by atoms with van der Waals surface area (Å²) in [4.78, 5) is 4.47. The Morgan fingerprint density at radius 3 is 2.67 bits per heavy atom. The van der Waals surface area contributed by atoms with Crippen molar-refractivity contribution < 1.29 is 4.21 Å². The minimum Gasteiger partial charge on any atom is -0.376 e. The zero-order valence-corrected chi connectivity index (χ0v) is 8.83. The maximum atomic E-state index is 11.7. The van der Waals surface area contributed by atoms with E-state index in [0.29, 0.717) is 11.4 Å². The minimum absolute atomic E-state index is 0.150. The molecule has 0 bridgehead atoms. The summed E-state index contributed by atoms with van der Waals surface area (Å²) in [6.07, 6.45) is 1.54. The summed E-state index contributed by atoms with van der Waals surface area (Å²) in [6, 6.07) is 7.55. The lowest BCUT2D eigenvalue weighted by Crippen LogP contribution is -2.15. The van der Waals surface area contributed by atoms with E-state index in [1.807, 2.05) is 24.3 Å². The topological polar surface area (TPSA) is 81.5 Å². The Hall–Kier alpha value is -1.46. The first kappa shape index (κ1) is 10.1. The molecular formula is C10H11N3OS. The van der Waals surface area contributed by atoms with E-state index < -0.39 is 10.8 Å². The van der Waals surface area contributed by atoms with Gasteiger partial charge in [-0.2, -0.15) is 0 Å². The highest BCUT2D eigenvalue weighted by Gasteiger charge is 2.20. The molecule has 1 aromatic rings. The standard InChI is InChI=1S/C10H11N3OS/c11-5-7-3-1-2-4-8(7)9-6-13-10(12)15(9)14/h1-4,6H,5,11H2,(H2,12,13). The summed E-state index contributed by atoms with van der Waals surface area (Å²) in [5.74, 6) is 0. The molecule has 0 aromatic heterocycles. The molecule has 1 heterocycles. The molecule has 15 heavy (non-hydrogen) atoms. The molecule has 0 aliphatic carbocycles. The number of hydrogen-bond donors (Lipinski definition) is 2. The van der Waals surface area contributed by atoms with Crippen LogP contribution in [0.15, 0.2) is 35.5 Å². The first-order chi connectivity index (χ1) is 7.24. The van der Waals surface area contributed by atoms with Crippen LogP contribution in [0.2, 0.25) is 0 Å². The predicted molar refractivity (Wildman–Crippen MR) is 62.1 cm³/mol. The van der Waals surface area contributed by atoms with Crippen molar-refractivity contribution in [3.63, 3.8) is 0 Å². The van der Waals surface area contributed by atoms with E-state index in [4.69, 9.17) is 11.5 Å². The Morgan fingerprint density at radius 2 is 2.07 bits per heavy atom. The molecule has 0 amide bonds. The fourth-order valence-electron chi connectivity index (χ4n) is 1.44. The van der Waals surface area contributed by atoms with Crippen molar-refractivity contribution in [2.45, 2.75) is 6.54 Å². The number of aliphatic imine (C=N–C) groups is 1. The van der Waals surface area contributed by atoms with Gasteiger partial charge < -0.3 is 11.5 Å². The summed E-state index contributed by atoms with van der Waals surface area (Å²) in [5, 5.41) is 0.150. The molecule has 0 radical (unpaired) electrons. The first-order valence-electron chi connectivity index (χ1n) is 4.47. The van der Waals surface area contributed by atoms with Gasteiger partial charge in [0, 0.05) is 12.7 Å². The summed E-state index contributed by atoms with van der Waals surface area (Å²) in [7, 11) is -1.33. The van der Waals surface area contributed by atoms with Gasteiger partial charge in [-0.3, -0.25) is 0 Å². The maximum Gasteiger partial charge on any atom is 0.194 e. The summed E-state index contributed by atoms with van der Waals surface area (Å²) >= 11 is 0. The quantitative estimate of drug-likeness (QED) is 0.764. The molecule has 1 unspecified atom stereocenters. The van der Waals surface area contributed by atoms with Gasteiger partial charge in [0.25, 0.3) is 0 Å². The second kappa shape index (κ2) is 3.96. The number of amidine groups is 1. The van der Waals surface area contributed by atoms with Gasteiger partial charge in [-0.25, -0.2) is 9.20 Å². The van der Waals surface area contributed by atoms with Crippen LogP contribution in [0, 0.1) is 0 Å². The Bertz CT molecular complexity index is 479. The van der Waals surface area contributed by atoms with Crippen LogP contribution in [0.25, 0.3) is 4.91 Å². The maximum absolute atomic E-state index is 11.7. The van der Waals surface area contributed by atoms with Crippen molar-refractivity contribution in [3.05, 3.63) is 41.6 Å². The van der Waals surface area contributed by atoms with Gasteiger partial charge >= 0.3 is 0 Å². The van der Waals surface area contributed by atoms with Crippen LogP contribution in [-0.2, 0) is 17.3 Å². The molecule has 5 heteroatoms. The molecule has 1 aliphatic heterocycles. The van der Waals surface area contributed by atoms with E-state index in [-0.39, 0.29) is 5.17 Å². The summed E-state index contributed by atoms with van der Waals surface area (Å²) < 4.78 is 11.7. The monoisotopic (exact) mass is 221 g/mol. The Morgan fingerprint density at radius 1 is 1.33 bits per heavy atom. The van der Waals surface area contributed by atoms with E-state index in [1.165, 1.54) is 0 Å².